The summed E-state index contributed by atoms with van der Waals surface area (Å²) in [6.45, 7) is 5.19. The minimum absolute atomic E-state index is 0.0121. The van der Waals surface area contributed by atoms with Crippen molar-refractivity contribution in [2.75, 3.05) is 40.3 Å². The highest BCUT2D eigenvalue weighted by atomic mass is 19.4. The van der Waals surface area contributed by atoms with Crippen LogP contribution in [0.5, 0.6) is 0 Å². The van der Waals surface area contributed by atoms with Crippen molar-refractivity contribution in [2.45, 2.75) is 44.8 Å². The maximum Gasteiger partial charge on any atom is 0.490 e. The summed E-state index contributed by atoms with van der Waals surface area (Å²) in [5.74, 6) is -3.59. The summed E-state index contributed by atoms with van der Waals surface area (Å²) in [5.41, 5.74) is 2.17. The Labute approximate surface area is 227 Å². The van der Waals surface area contributed by atoms with E-state index in [2.05, 4.69) is 10.2 Å². The first-order chi connectivity index (χ1) is 18.6. The lowest BCUT2D eigenvalue weighted by Crippen LogP contribution is -2.56. The lowest BCUT2D eigenvalue weighted by molar-refractivity contribution is -0.192. The molecule has 218 valence electrons. The first-order valence-electron chi connectivity index (χ1n) is 12.5. The number of nitrogens with one attached hydrogen (secondary N) is 1. The van der Waals surface area contributed by atoms with Crippen LogP contribution >= 0.6 is 0 Å². The van der Waals surface area contributed by atoms with Gasteiger partial charge in [-0.1, -0.05) is 6.07 Å². The molecule has 1 aromatic heterocycles. The van der Waals surface area contributed by atoms with Gasteiger partial charge in [0.1, 0.15) is 11.4 Å². The number of hydrogen-bond acceptors (Lipinski definition) is 6. The third kappa shape index (κ3) is 6.66. The molecular formula is C26H31F4N5O5. The van der Waals surface area contributed by atoms with Gasteiger partial charge in [0.05, 0.1) is 11.3 Å². The van der Waals surface area contributed by atoms with Crippen molar-refractivity contribution in [1.82, 2.24) is 24.9 Å². The van der Waals surface area contributed by atoms with E-state index in [9.17, 15) is 31.9 Å². The third-order valence-electron chi connectivity index (χ3n) is 7.34. The lowest BCUT2D eigenvalue weighted by atomic mass is 10.0. The third-order valence-corrected chi connectivity index (χ3v) is 7.34. The molecule has 10 nitrogen and oxygen atoms in total. The number of nitrogens with zero attached hydrogens (tertiary/aromatic N) is 4. The van der Waals surface area contributed by atoms with E-state index in [0.29, 0.717) is 43.9 Å². The number of piperazine rings is 1. The van der Waals surface area contributed by atoms with E-state index in [1.54, 1.807) is 24.0 Å². The van der Waals surface area contributed by atoms with Gasteiger partial charge in [0.25, 0.3) is 11.5 Å². The minimum Gasteiger partial charge on any atom is -0.475 e. The molecule has 2 aliphatic rings. The predicted octanol–water partition coefficient (Wildman–Crippen LogP) is 2.13. The Morgan fingerprint density at radius 3 is 2.10 bits per heavy atom. The second-order valence-corrected chi connectivity index (χ2v) is 10.1. The highest BCUT2D eigenvalue weighted by Gasteiger charge is 2.53. The first-order valence-corrected chi connectivity index (χ1v) is 12.5. The Morgan fingerprint density at radius 1 is 1.05 bits per heavy atom. The number of carbonyl (C=O) groups is 3. The second kappa shape index (κ2) is 11.7. The fourth-order valence-electron chi connectivity index (χ4n) is 4.43. The number of carbonyl (C=O) groups excluding carboxylic acids is 2. The van der Waals surface area contributed by atoms with Crippen LogP contribution in [0.15, 0.2) is 23.0 Å². The molecule has 0 atom stereocenters. The quantitative estimate of drug-likeness (QED) is 0.529. The van der Waals surface area contributed by atoms with Crippen LogP contribution in [0.25, 0.3) is 0 Å². The normalized spacial score (nSPS) is 16.3. The second-order valence-electron chi connectivity index (χ2n) is 10.1. The van der Waals surface area contributed by atoms with Crippen molar-refractivity contribution in [1.29, 1.82) is 0 Å². The number of halogens is 4. The molecule has 2 amide bonds. The van der Waals surface area contributed by atoms with Gasteiger partial charge >= 0.3 is 12.1 Å². The maximum absolute atomic E-state index is 14.6. The van der Waals surface area contributed by atoms with Crippen molar-refractivity contribution < 1.29 is 37.1 Å². The van der Waals surface area contributed by atoms with Gasteiger partial charge in [0, 0.05) is 38.2 Å². The highest BCUT2D eigenvalue weighted by molar-refractivity contribution is 5.95. The van der Waals surface area contributed by atoms with Crippen molar-refractivity contribution in [3.05, 3.63) is 62.3 Å². The summed E-state index contributed by atoms with van der Waals surface area (Å²) < 4.78 is 46.3. The van der Waals surface area contributed by atoms with Crippen molar-refractivity contribution in [2.24, 2.45) is 0 Å². The number of H-pyrrole nitrogens is 1. The Balaban J connectivity index is 0.000000559. The molecule has 40 heavy (non-hydrogen) atoms. The van der Waals surface area contributed by atoms with Crippen molar-refractivity contribution >= 4 is 17.8 Å². The number of likely N-dealkylation sites (N-methyl/N-ethyl adjacent to an activating group) is 1. The van der Waals surface area contributed by atoms with Gasteiger partial charge in [0.2, 0.25) is 5.91 Å². The molecule has 0 radical (unpaired) electrons. The van der Waals surface area contributed by atoms with Gasteiger partial charge in [-0.2, -0.15) is 18.3 Å². The standard InChI is InChI=1S/C24H30FN5O3.C2HF3O2/c1-15-16(2)21(31)27-26-20(15)14-17-5-6-19(25)18(13-17)22(32)29-9-11-30(12-10-29)23(33)24(7-8-24)28(3)4;3-2(4,5)1(6)7/h5-6,13H,7-12,14H2,1-4H3,(H,27,31);(H,6,7). The maximum atomic E-state index is 14.6. The number of alkyl halides is 3. The Kier molecular flexibility index (Phi) is 9.02. The number of carboxylic acid groups (broad SMARTS) is 1. The van der Waals surface area contributed by atoms with Gasteiger partial charge < -0.3 is 14.9 Å². The number of benzene rings is 1. The van der Waals surface area contributed by atoms with E-state index in [1.807, 2.05) is 30.8 Å². The van der Waals surface area contributed by atoms with Crippen LogP contribution in [0.4, 0.5) is 17.6 Å². The first kappa shape index (κ1) is 30.7. The van der Waals surface area contributed by atoms with Gasteiger partial charge in [-0.25, -0.2) is 14.3 Å². The molecule has 1 saturated carbocycles. The fraction of sp³-hybridized carbons (Fsp3) is 0.500. The predicted molar refractivity (Wildman–Crippen MR) is 135 cm³/mol. The summed E-state index contributed by atoms with van der Waals surface area (Å²) in [6.07, 6.45) is -2.99. The number of amides is 2. The molecule has 0 bridgehead atoms. The summed E-state index contributed by atoms with van der Waals surface area (Å²) in [7, 11) is 3.84. The van der Waals surface area contributed by atoms with E-state index in [4.69, 9.17) is 9.90 Å². The molecule has 0 spiro atoms. The molecule has 2 N–H and O–H groups in total. The molecule has 1 aromatic carbocycles. The number of aromatic nitrogens is 2. The molecular weight excluding hydrogens is 538 g/mol. The number of carboxylic acids is 1. The van der Waals surface area contributed by atoms with Gasteiger partial charge in [-0.3, -0.25) is 19.3 Å². The molecule has 1 aliphatic carbocycles. The van der Waals surface area contributed by atoms with Crippen LogP contribution in [0, 0.1) is 19.7 Å². The van der Waals surface area contributed by atoms with E-state index >= 15 is 0 Å². The lowest BCUT2D eigenvalue weighted by Gasteiger charge is -2.38. The van der Waals surface area contributed by atoms with Crippen LogP contribution in [-0.4, -0.2) is 99.8 Å². The molecule has 2 aromatic rings. The number of hydrogen-bond donors (Lipinski definition) is 2. The Morgan fingerprint density at radius 2 is 1.60 bits per heavy atom. The van der Waals surface area contributed by atoms with Crippen LogP contribution in [-0.2, 0) is 16.0 Å². The van der Waals surface area contributed by atoms with Gasteiger partial charge in [-0.05, 0) is 64.0 Å². The Bertz CT molecular complexity index is 1350. The van der Waals surface area contributed by atoms with Gasteiger partial charge in [-0.15, -0.1) is 0 Å². The summed E-state index contributed by atoms with van der Waals surface area (Å²) in [6, 6.07) is 4.48. The Hall–Kier alpha value is -3.81. The molecule has 4 rings (SSSR count). The SMILES string of the molecule is Cc1c(Cc2ccc(F)c(C(=O)N3CCN(C(=O)C4(N(C)C)CC4)CC3)c2)n[nH]c(=O)c1C.O=C(O)C(F)(F)F. The van der Waals surface area contributed by atoms with Crippen molar-refractivity contribution in [3.63, 3.8) is 0 Å². The van der Waals surface area contributed by atoms with Crippen LogP contribution < -0.4 is 5.56 Å². The van der Waals surface area contributed by atoms with E-state index in [0.717, 1.165) is 24.0 Å². The van der Waals surface area contributed by atoms with Crippen LogP contribution in [0.1, 0.15) is 45.6 Å². The number of aromatic amines is 1. The number of aliphatic carboxylic acids is 1. The molecule has 14 heteroatoms. The van der Waals surface area contributed by atoms with Gasteiger partial charge in [0.15, 0.2) is 0 Å². The van der Waals surface area contributed by atoms with E-state index < -0.39 is 23.5 Å². The number of rotatable bonds is 5. The summed E-state index contributed by atoms with van der Waals surface area (Å²) >= 11 is 0. The smallest absolute Gasteiger partial charge is 0.475 e. The van der Waals surface area contributed by atoms with Crippen LogP contribution in [0.2, 0.25) is 0 Å². The molecule has 1 aliphatic heterocycles. The highest BCUT2D eigenvalue weighted by Crippen LogP contribution is 2.41. The molecule has 0 unspecified atom stereocenters. The molecule has 2 heterocycles. The minimum atomic E-state index is -5.08. The van der Waals surface area contributed by atoms with E-state index in [-0.39, 0.29) is 22.9 Å². The monoisotopic (exact) mass is 569 g/mol. The largest absolute Gasteiger partial charge is 0.490 e. The summed E-state index contributed by atoms with van der Waals surface area (Å²) in [5, 5.41) is 13.7. The average molecular weight is 570 g/mol. The molecule has 2 fully saturated rings. The van der Waals surface area contributed by atoms with Crippen LogP contribution in [0.3, 0.4) is 0 Å². The molecule has 1 saturated heterocycles. The van der Waals surface area contributed by atoms with E-state index in [1.165, 1.54) is 6.07 Å². The summed E-state index contributed by atoms with van der Waals surface area (Å²) in [4.78, 5) is 52.0. The zero-order valence-corrected chi connectivity index (χ0v) is 22.6. The zero-order chi connectivity index (χ0) is 30.0. The fourth-order valence-corrected chi connectivity index (χ4v) is 4.43. The zero-order valence-electron chi connectivity index (χ0n) is 22.6. The average Bonchev–Trinajstić information content (AvgIpc) is 3.72. The van der Waals surface area contributed by atoms with Crippen molar-refractivity contribution in [3.8, 4) is 0 Å². The topological polar surface area (TPSA) is 127 Å².